The molecule has 0 heterocycles. The van der Waals surface area contributed by atoms with Crippen molar-refractivity contribution in [3.8, 4) is 11.1 Å². The van der Waals surface area contributed by atoms with Crippen LogP contribution in [0.25, 0.3) is 11.1 Å². The van der Waals surface area contributed by atoms with Crippen LogP contribution in [0.1, 0.15) is 11.1 Å². The number of benzene rings is 2. The van der Waals surface area contributed by atoms with Gasteiger partial charge >= 0.3 is 0 Å². The number of nitrogen functional groups attached to an aromatic ring is 1. The van der Waals surface area contributed by atoms with Gasteiger partial charge in [0, 0.05) is 5.56 Å². The van der Waals surface area contributed by atoms with Gasteiger partial charge < -0.3 is 5.73 Å². The number of amidine groups is 1. The maximum Gasteiger partial charge on any atom is 0.122 e. The Balaban J connectivity index is 2.48. The quantitative estimate of drug-likeness (QED) is 0.581. The summed E-state index contributed by atoms with van der Waals surface area (Å²) in [5.41, 5.74) is 9.71. The van der Waals surface area contributed by atoms with Crippen LogP contribution in [0.2, 0.25) is 0 Å². The minimum atomic E-state index is 0.106. The van der Waals surface area contributed by atoms with Gasteiger partial charge in [0.25, 0.3) is 0 Å². The molecule has 0 spiro atoms. The van der Waals surface area contributed by atoms with Gasteiger partial charge in [-0.3, -0.25) is 5.41 Å². The zero-order chi connectivity index (χ0) is 11.5. The first kappa shape index (κ1) is 10.4. The van der Waals surface area contributed by atoms with Crippen molar-refractivity contribution in [2.24, 2.45) is 5.73 Å². The summed E-state index contributed by atoms with van der Waals surface area (Å²) in [6, 6.07) is 16.0. The molecule has 3 N–H and O–H groups in total. The Kier molecular flexibility index (Phi) is 2.73. The number of nitrogens with one attached hydrogen (secondary N) is 1. The molecule has 0 aliphatic carbocycles. The molecule has 2 aromatic carbocycles. The largest absolute Gasteiger partial charge is 0.384 e. The number of hydrogen-bond donors (Lipinski definition) is 2. The highest BCUT2D eigenvalue weighted by Crippen LogP contribution is 2.21. The lowest BCUT2D eigenvalue weighted by atomic mass is 10.0. The molecule has 0 radical (unpaired) electrons. The van der Waals surface area contributed by atoms with Crippen LogP contribution in [0.15, 0.2) is 48.5 Å². The molecule has 2 heteroatoms. The van der Waals surface area contributed by atoms with Crippen molar-refractivity contribution in [2.75, 3.05) is 0 Å². The first-order valence-electron chi connectivity index (χ1n) is 5.18. The minimum absolute atomic E-state index is 0.106. The highest BCUT2D eigenvalue weighted by atomic mass is 14.7. The van der Waals surface area contributed by atoms with Crippen molar-refractivity contribution < 1.29 is 0 Å². The molecule has 0 amide bonds. The average molecular weight is 210 g/mol. The summed E-state index contributed by atoms with van der Waals surface area (Å²) in [6.07, 6.45) is 0. The first-order valence-corrected chi connectivity index (χ1v) is 5.18. The lowest BCUT2D eigenvalue weighted by Gasteiger charge is -2.05. The van der Waals surface area contributed by atoms with Crippen molar-refractivity contribution in [3.63, 3.8) is 0 Å². The lowest BCUT2D eigenvalue weighted by molar-refractivity contribution is 1.42. The minimum Gasteiger partial charge on any atom is -0.384 e. The average Bonchev–Trinajstić information content (AvgIpc) is 2.29. The van der Waals surface area contributed by atoms with E-state index in [-0.39, 0.29) is 5.84 Å². The van der Waals surface area contributed by atoms with Crippen LogP contribution in [0, 0.1) is 12.3 Å². The molecule has 0 atom stereocenters. The number of aryl methyl sites for hydroxylation is 1. The van der Waals surface area contributed by atoms with Gasteiger partial charge in [0.1, 0.15) is 5.84 Å². The molecule has 0 saturated heterocycles. The summed E-state index contributed by atoms with van der Waals surface area (Å²) in [6.45, 7) is 2.07. The molecule has 0 aliphatic heterocycles. The zero-order valence-corrected chi connectivity index (χ0v) is 9.20. The molecular weight excluding hydrogens is 196 g/mol. The van der Waals surface area contributed by atoms with Gasteiger partial charge in [0.2, 0.25) is 0 Å². The fraction of sp³-hybridized carbons (Fsp3) is 0.0714. The van der Waals surface area contributed by atoms with Gasteiger partial charge in [0.05, 0.1) is 0 Å². The van der Waals surface area contributed by atoms with E-state index in [4.69, 9.17) is 11.1 Å². The van der Waals surface area contributed by atoms with Gasteiger partial charge in [-0.1, -0.05) is 48.0 Å². The number of rotatable bonds is 2. The summed E-state index contributed by atoms with van der Waals surface area (Å²) in [5.74, 6) is 0.106. The van der Waals surface area contributed by atoms with Crippen LogP contribution in [0.5, 0.6) is 0 Å². The summed E-state index contributed by atoms with van der Waals surface area (Å²) in [5, 5.41) is 7.41. The Bertz CT molecular complexity index is 530. The van der Waals surface area contributed by atoms with E-state index in [0.717, 1.165) is 16.7 Å². The van der Waals surface area contributed by atoms with Crippen molar-refractivity contribution in [2.45, 2.75) is 6.92 Å². The molecule has 0 saturated carbocycles. The third-order valence-electron chi connectivity index (χ3n) is 2.52. The molecular formula is C14H14N2. The Labute approximate surface area is 95.2 Å². The van der Waals surface area contributed by atoms with Gasteiger partial charge in [-0.05, 0) is 24.1 Å². The third-order valence-corrected chi connectivity index (χ3v) is 2.52. The topological polar surface area (TPSA) is 49.9 Å². The van der Waals surface area contributed by atoms with Gasteiger partial charge in [-0.15, -0.1) is 0 Å². The molecule has 2 nitrogen and oxygen atoms in total. The predicted octanol–water partition coefficient (Wildman–Crippen LogP) is 2.95. The van der Waals surface area contributed by atoms with Gasteiger partial charge in [-0.2, -0.15) is 0 Å². The molecule has 0 unspecified atom stereocenters. The number of hydrogen-bond acceptors (Lipinski definition) is 1. The van der Waals surface area contributed by atoms with Crippen LogP contribution < -0.4 is 5.73 Å². The van der Waals surface area contributed by atoms with Crippen LogP contribution in [-0.2, 0) is 0 Å². The highest BCUT2D eigenvalue weighted by molar-refractivity contribution is 5.96. The summed E-state index contributed by atoms with van der Waals surface area (Å²) < 4.78 is 0. The molecule has 0 bridgehead atoms. The zero-order valence-electron chi connectivity index (χ0n) is 9.20. The first-order chi connectivity index (χ1) is 7.66. The Hall–Kier alpha value is -2.09. The molecule has 16 heavy (non-hydrogen) atoms. The Morgan fingerprint density at radius 2 is 1.62 bits per heavy atom. The van der Waals surface area contributed by atoms with E-state index >= 15 is 0 Å². The molecule has 0 aliphatic rings. The van der Waals surface area contributed by atoms with Gasteiger partial charge in [-0.25, -0.2) is 0 Å². The van der Waals surface area contributed by atoms with Crippen LogP contribution in [0.4, 0.5) is 0 Å². The molecule has 2 aromatic rings. The fourth-order valence-electron chi connectivity index (χ4n) is 1.69. The second kappa shape index (κ2) is 4.19. The van der Waals surface area contributed by atoms with Crippen molar-refractivity contribution in [1.29, 1.82) is 5.41 Å². The molecule has 0 aromatic heterocycles. The lowest BCUT2D eigenvalue weighted by Crippen LogP contribution is -2.10. The summed E-state index contributed by atoms with van der Waals surface area (Å²) >= 11 is 0. The van der Waals surface area contributed by atoms with Crippen LogP contribution in [0.3, 0.4) is 0 Å². The van der Waals surface area contributed by atoms with E-state index in [1.165, 1.54) is 5.56 Å². The standard InChI is InChI=1S/C14H14N2/c1-10-4-2-5-11(8-10)12-6-3-7-13(9-12)14(15)16/h2-9H,1H3,(H3,15,16). The summed E-state index contributed by atoms with van der Waals surface area (Å²) in [4.78, 5) is 0. The fourth-order valence-corrected chi connectivity index (χ4v) is 1.69. The van der Waals surface area contributed by atoms with Crippen molar-refractivity contribution in [1.82, 2.24) is 0 Å². The molecule has 2 rings (SSSR count). The van der Waals surface area contributed by atoms with E-state index in [2.05, 4.69) is 25.1 Å². The Morgan fingerprint density at radius 3 is 2.25 bits per heavy atom. The van der Waals surface area contributed by atoms with Gasteiger partial charge in [0.15, 0.2) is 0 Å². The Morgan fingerprint density at radius 1 is 1.00 bits per heavy atom. The van der Waals surface area contributed by atoms with Crippen LogP contribution >= 0.6 is 0 Å². The second-order valence-corrected chi connectivity index (χ2v) is 3.86. The highest BCUT2D eigenvalue weighted by Gasteiger charge is 2.00. The molecule has 80 valence electrons. The monoisotopic (exact) mass is 210 g/mol. The van der Waals surface area contributed by atoms with E-state index in [9.17, 15) is 0 Å². The van der Waals surface area contributed by atoms with E-state index in [1.807, 2.05) is 30.3 Å². The number of nitrogens with two attached hydrogens (primary N) is 1. The SMILES string of the molecule is Cc1cccc(-c2cccc(C(=N)N)c2)c1. The normalized spacial score (nSPS) is 10.1. The second-order valence-electron chi connectivity index (χ2n) is 3.86. The van der Waals surface area contributed by atoms with E-state index in [0.29, 0.717) is 0 Å². The third kappa shape index (κ3) is 2.11. The van der Waals surface area contributed by atoms with Crippen LogP contribution in [-0.4, -0.2) is 5.84 Å². The van der Waals surface area contributed by atoms with Crippen molar-refractivity contribution in [3.05, 3.63) is 59.7 Å². The molecule has 0 fully saturated rings. The maximum absolute atomic E-state index is 7.41. The maximum atomic E-state index is 7.41. The van der Waals surface area contributed by atoms with E-state index < -0.39 is 0 Å². The van der Waals surface area contributed by atoms with Crippen molar-refractivity contribution >= 4 is 5.84 Å². The summed E-state index contributed by atoms with van der Waals surface area (Å²) in [7, 11) is 0. The van der Waals surface area contributed by atoms with E-state index in [1.54, 1.807) is 0 Å². The predicted molar refractivity (Wildman–Crippen MR) is 67.6 cm³/mol. The smallest absolute Gasteiger partial charge is 0.122 e.